The Balaban J connectivity index is 1.50. The third-order valence-corrected chi connectivity index (χ3v) is 5.79. The number of rotatable bonds is 5. The van der Waals surface area contributed by atoms with Crippen molar-refractivity contribution in [3.8, 4) is 0 Å². The first-order valence-electron chi connectivity index (χ1n) is 8.32. The summed E-state index contributed by atoms with van der Waals surface area (Å²) in [7, 11) is 0. The summed E-state index contributed by atoms with van der Waals surface area (Å²) in [6, 6.07) is 3.41. The Morgan fingerprint density at radius 3 is 3.00 bits per heavy atom. The van der Waals surface area contributed by atoms with E-state index in [1.807, 2.05) is 11.3 Å². The third kappa shape index (κ3) is 3.67. The Bertz CT molecular complexity index is 459. The van der Waals surface area contributed by atoms with E-state index in [-0.39, 0.29) is 0 Å². The van der Waals surface area contributed by atoms with Crippen molar-refractivity contribution in [2.24, 2.45) is 0 Å². The second-order valence-corrected chi connectivity index (χ2v) is 7.74. The van der Waals surface area contributed by atoms with Crippen molar-refractivity contribution in [2.45, 2.75) is 64.3 Å². The summed E-state index contributed by atoms with van der Waals surface area (Å²) in [5.74, 6) is 0. The number of thiophene rings is 1. The lowest BCUT2D eigenvalue weighted by Crippen LogP contribution is -2.39. The van der Waals surface area contributed by atoms with Gasteiger partial charge in [-0.3, -0.25) is 4.90 Å². The van der Waals surface area contributed by atoms with E-state index in [2.05, 4.69) is 42.4 Å². The zero-order valence-corrected chi connectivity index (χ0v) is 14.3. The van der Waals surface area contributed by atoms with E-state index in [1.54, 1.807) is 10.4 Å². The summed E-state index contributed by atoms with van der Waals surface area (Å²) >= 11 is 1.92. The van der Waals surface area contributed by atoms with Gasteiger partial charge in [-0.2, -0.15) is 0 Å². The number of ether oxygens (including phenoxy) is 1. The molecule has 1 fully saturated rings. The maximum atomic E-state index is 6.23. The summed E-state index contributed by atoms with van der Waals surface area (Å²) < 4.78 is 6.23. The average molecular weight is 308 g/mol. The molecule has 0 aliphatic carbocycles. The van der Waals surface area contributed by atoms with Gasteiger partial charge in [-0.1, -0.05) is 13.8 Å². The van der Waals surface area contributed by atoms with Crippen molar-refractivity contribution in [1.82, 2.24) is 10.2 Å². The Morgan fingerprint density at radius 1 is 1.38 bits per heavy atom. The Morgan fingerprint density at radius 2 is 2.19 bits per heavy atom. The molecule has 3 unspecified atom stereocenters. The van der Waals surface area contributed by atoms with Crippen molar-refractivity contribution in [3.05, 3.63) is 21.9 Å². The lowest BCUT2D eigenvalue weighted by Gasteiger charge is -2.35. The van der Waals surface area contributed by atoms with E-state index in [0.29, 0.717) is 24.3 Å². The molecule has 3 heterocycles. The Kier molecular flexibility index (Phi) is 4.99. The maximum Gasteiger partial charge on any atom is 0.0707 e. The molecule has 1 aromatic heterocycles. The van der Waals surface area contributed by atoms with Gasteiger partial charge in [-0.05, 0) is 43.2 Å². The summed E-state index contributed by atoms with van der Waals surface area (Å²) in [5.41, 5.74) is 1.54. The number of fused-ring (bicyclic) bond motifs is 1. The van der Waals surface area contributed by atoms with Crippen LogP contribution in [0.25, 0.3) is 0 Å². The molecule has 1 aromatic rings. The first-order chi connectivity index (χ1) is 10.1. The molecule has 3 rings (SSSR count). The van der Waals surface area contributed by atoms with E-state index in [0.717, 1.165) is 13.1 Å². The molecule has 0 amide bonds. The van der Waals surface area contributed by atoms with Crippen LogP contribution in [0.1, 0.15) is 50.1 Å². The Labute approximate surface area is 132 Å². The molecular weight excluding hydrogens is 280 g/mol. The third-order valence-electron chi connectivity index (χ3n) is 4.79. The van der Waals surface area contributed by atoms with Crippen LogP contribution < -0.4 is 5.32 Å². The molecule has 4 heteroatoms. The van der Waals surface area contributed by atoms with E-state index < -0.39 is 0 Å². The zero-order chi connectivity index (χ0) is 14.8. The van der Waals surface area contributed by atoms with Crippen molar-refractivity contribution >= 4 is 11.3 Å². The first-order valence-corrected chi connectivity index (χ1v) is 9.20. The van der Waals surface area contributed by atoms with Crippen LogP contribution in [-0.2, 0) is 11.2 Å². The van der Waals surface area contributed by atoms with Gasteiger partial charge in [0.25, 0.3) is 0 Å². The lowest BCUT2D eigenvalue weighted by atomic mass is 10.0. The van der Waals surface area contributed by atoms with Gasteiger partial charge in [0.1, 0.15) is 0 Å². The van der Waals surface area contributed by atoms with E-state index in [9.17, 15) is 0 Å². The quantitative estimate of drug-likeness (QED) is 0.904. The van der Waals surface area contributed by atoms with Crippen LogP contribution in [0.15, 0.2) is 11.4 Å². The van der Waals surface area contributed by atoms with Crippen LogP contribution in [0, 0.1) is 0 Å². The standard InChI is InChI=1S/C17H28N2OS/c1-12(2)18-10-14-4-5-15(20-14)11-19-8-6-17-16(13(19)3)7-9-21-17/h7,9,12-15,18H,4-6,8,10-11H2,1-3H3. The molecule has 0 saturated carbocycles. The fourth-order valence-corrected chi connectivity index (χ4v) is 4.47. The van der Waals surface area contributed by atoms with Crippen LogP contribution in [0.3, 0.4) is 0 Å². The number of nitrogens with zero attached hydrogens (tertiary/aromatic N) is 1. The minimum Gasteiger partial charge on any atom is -0.372 e. The number of nitrogens with one attached hydrogen (secondary N) is 1. The van der Waals surface area contributed by atoms with Gasteiger partial charge in [-0.15, -0.1) is 11.3 Å². The predicted octanol–water partition coefficient (Wildman–Crippen LogP) is 3.21. The molecule has 0 bridgehead atoms. The lowest BCUT2D eigenvalue weighted by molar-refractivity contribution is 0.0136. The molecule has 3 nitrogen and oxygen atoms in total. The summed E-state index contributed by atoms with van der Waals surface area (Å²) in [5, 5.41) is 5.73. The molecule has 0 aromatic carbocycles. The van der Waals surface area contributed by atoms with Crippen molar-refractivity contribution in [3.63, 3.8) is 0 Å². The molecule has 3 atom stereocenters. The molecule has 0 radical (unpaired) electrons. The van der Waals surface area contributed by atoms with Crippen molar-refractivity contribution < 1.29 is 4.74 Å². The Hall–Kier alpha value is -0.420. The fourth-order valence-electron chi connectivity index (χ4n) is 3.50. The van der Waals surface area contributed by atoms with Crippen molar-refractivity contribution in [2.75, 3.05) is 19.6 Å². The molecule has 21 heavy (non-hydrogen) atoms. The van der Waals surface area contributed by atoms with Gasteiger partial charge >= 0.3 is 0 Å². The first kappa shape index (κ1) is 15.5. The van der Waals surface area contributed by atoms with E-state index in [1.165, 1.54) is 25.8 Å². The number of hydrogen-bond acceptors (Lipinski definition) is 4. The van der Waals surface area contributed by atoms with E-state index >= 15 is 0 Å². The topological polar surface area (TPSA) is 24.5 Å². The zero-order valence-electron chi connectivity index (χ0n) is 13.5. The predicted molar refractivity (Wildman–Crippen MR) is 89.0 cm³/mol. The monoisotopic (exact) mass is 308 g/mol. The van der Waals surface area contributed by atoms with Gasteiger partial charge in [-0.25, -0.2) is 0 Å². The second-order valence-electron chi connectivity index (χ2n) is 6.74. The van der Waals surface area contributed by atoms with Gasteiger partial charge in [0.15, 0.2) is 0 Å². The summed E-state index contributed by atoms with van der Waals surface area (Å²) in [6.45, 7) is 10.0. The van der Waals surface area contributed by atoms with E-state index in [4.69, 9.17) is 4.74 Å². The molecule has 0 spiro atoms. The smallest absolute Gasteiger partial charge is 0.0707 e. The minimum atomic E-state index is 0.411. The van der Waals surface area contributed by atoms with Crippen LogP contribution in [0.2, 0.25) is 0 Å². The van der Waals surface area contributed by atoms with Crippen LogP contribution in [0.4, 0.5) is 0 Å². The largest absolute Gasteiger partial charge is 0.372 e. The minimum absolute atomic E-state index is 0.411. The highest BCUT2D eigenvalue weighted by Crippen LogP contribution is 2.33. The van der Waals surface area contributed by atoms with Gasteiger partial charge in [0, 0.05) is 36.6 Å². The highest BCUT2D eigenvalue weighted by molar-refractivity contribution is 7.10. The normalized spacial score (nSPS) is 30.0. The maximum absolute atomic E-state index is 6.23. The summed E-state index contributed by atoms with van der Waals surface area (Å²) in [4.78, 5) is 4.20. The molecular formula is C17H28N2OS. The van der Waals surface area contributed by atoms with Crippen molar-refractivity contribution in [1.29, 1.82) is 0 Å². The molecule has 2 aliphatic heterocycles. The highest BCUT2D eigenvalue weighted by Gasteiger charge is 2.31. The van der Waals surface area contributed by atoms with Gasteiger partial charge in [0.05, 0.1) is 12.2 Å². The SMILES string of the molecule is CC(C)NCC1CCC(CN2CCc3sccc3C2C)O1. The molecule has 1 saturated heterocycles. The number of hydrogen-bond donors (Lipinski definition) is 1. The fraction of sp³-hybridized carbons (Fsp3) is 0.765. The molecule has 118 valence electrons. The second kappa shape index (κ2) is 6.78. The van der Waals surface area contributed by atoms with Crippen LogP contribution in [0.5, 0.6) is 0 Å². The summed E-state index contributed by atoms with van der Waals surface area (Å²) in [6.07, 6.45) is 4.46. The van der Waals surface area contributed by atoms with Crippen LogP contribution in [-0.4, -0.2) is 42.8 Å². The molecule has 2 aliphatic rings. The average Bonchev–Trinajstić information content (AvgIpc) is 3.09. The van der Waals surface area contributed by atoms with Gasteiger partial charge in [0.2, 0.25) is 0 Å². The van der Waals surface area contributed by atoms with Gasteiger partial charge < -0.3 is 10.1 Å². The molecule has 1 N–H and O–H groups in total. The van der Waals surface area contributed by atoms with Crippen LogP contribution >= 0.6 is 11.3 Å². The highest BCUT2D eigenvalue weighted by atomic mass is 32.1.